The van der Waals surface area contributed by atoms with Crippen molar-refractivity contribution in [1.82, 2.24) is 0 Å². The maximum Gasteiger partial charge on any atom is 0.342 e. The number of hydrogen-bond acceptors (Lipinski definition) is 6. The first-order valence-electron chi connectivity index (χ1n) is 7.62. The number of allylic oxidation sites excluding steroid dienone is 1. The number of fused-ring (bicyclic) bond motifs is 2. The van der Waals surface area contributed by atoms with E-state index in [9.17, 15) is 15.0 Å². The number of benzene rings is 1. The number of rotatable bonds is 1. The Bertz CT molecular complexity index is 724. The van der Waals surface area contributed by atoms with Crippen LogP contribution in [0, 0.1) is 0 Å². The van der Waals surface area contributed by atoms with Crippen molar-refractivity contribution in [3.8, 4) is 11.5 Å². The van der Waals surface area contributed by atoms with E-state index in [1.807, 2.05) is 13.0 Å². The number of carbonyl (C=O) groups excluding carboxylic acids is 1. The smallest absolute Gasteiger partial charge is 0.342 e. The van der Waals surface area contributed by atoms with E-state index < -0.39 is 29.9 Å². The van der Waals surface area contributed by atoms with Crippen LogP contribution < -0.4 is 0 Å². The minimum absolute atomic E-state index is 0.00725. The lowest BCUT2D eigenvalue weighted by molar-refractivity contribution is -0.154. The van der Waals surface area contributed by atoms with Crippen LogP contribution >= 0.6 is 0 Å². The molecule has 0 amide bonds. The van der Waals surface area contributed by atoms with E-state index in [2.05, 4.69) is 0 Å². The summed E-state index contributed by atoms with van der Waals surface area (Å²) in [6.45, 7) is 1.90. The van der Waals surface area contributed by atoms with Gasteiger partial charge in [-0.15, -0.1) is 0 Å². The van der Waals surface area contributed by atoms with E-state index >= 15 is 0 Å². The average molecular weight is 318 g/mol. The second kappa shape index (κ2) is 4.72. The lowest BCUT2D eigenvalue weighted by Gasteiger charge is -2.24. The average Bonchev–Trinajstić information content (AvgIpc) is 3.19. The molecule has 4 rings (SSSR count). The SMILES string of the molecule is CO[C@H]1/C(C)=C/CC[C@]23O[C@H]2[C@H](OC3=O)c2c(O)ccc(O)c21. The number of esters is 1. The van der Waals surface area contributed by atoms with Crippen LogP contribution in [0.3, 0.4) is 0 Å². The molecule has 2 aliphatic heterocycles. The molecule has 0 spiro atoms. The van der Waals surface area contributed by atoms with Gasteiger partial charge in [-0.1, -0.05) is 6.08 Å². The van der Waals surface area contributed by atoms with Gasteiger partial charge < -0.3 is 24.4 Å². The second-order valence-corrected chi connectivity index (χ2v) is 6.29. The van der Waals surface area contributed by atoms with Crippen LogP contribution in [0.4, 0.5) is 0 Å². The first-order chi connectivity index (χ1) is 11.0. The number of methoxy groups -OCH3 is 1. The molecule has 1 aliphatic carbocycles. The zero-order chi connectivity index (χ0) is 16.4. The van der Waals surface area contributed by atoms with Crippen molar-refractivity contribution in [3.05, 3.63) is 34.9 Å². The van der Waals surface area contributed by atoms with Gasteiger partial charge in [0.2, 0.25) is 0 Å². The van der Waals surface area contributed by atoms with Crippen LogP contribution in [0.15, 0.2) is 23.8 Å². The molecular weight excluding hydrogens is 300 g/mol. The molecule has 122 valence electrons. The van der Waals surface area contributed by atoms with Gasteiger partial charge in [-0.05, 0) is 37.5 Å². The zero-order valence-electron chi connectivity index (χ0n) is 12.9. The van der Waals surface area contributed by atoms with Gasteiger partial charge in [0.15, 0.2) is 11.7 Å². The van der Waals surface area contributed by atoms with Crippen molar-refractivity contribution in [2.24, 2.45) is 0 Å². The number of ether oxygens (including phenoxy) is 3. The fourth-order valence-electron chi connectivity index (χ4n) is 3.79. The minimum atomic E-state index is -0.906. The summed E-state index contributed by atoms with van der Waals surface area (Å²) in [6, 6.07) is 2.80. The van der Waals surface area contributed by atoms with E-state index in [1.54, 1.807) is 7.11 Å². The molecule has 1 aromatic rings. The molecular formula is C17H18O6. The Hall–Kier alpha value is -2.05. The van der Waals surface area contributed by atoms with Crippen molar-refractivity contribution >= 4 is 5.97 Å². The Kier molecular flexibility index (Phi) is 2.98. The molecule has 1 aromatic carbocycles. The highest BCUT2D eigenvalue weighted by Crippen LogP contribution is 2.59. The topological polar surface area (TPSA) is 88.5 Å². The van der Waals surface area contributed by atoms with Crippen LogP contribution in [0.5, 0.6) is 11.5 Å². The van der Waals surface area contributed by atoms with Crippen LogP contribution in [0.1, 0.15) is 43.1 Å². The first-order valence-corrected chi connectivity index (χ1v) is 7.62. The van der Waals surface area contributed by atoms with Gasteiger partial charge in [-0.3, -0.25) is 0 Å². The molecule has 3 aliphatic rings. The summed E-state index contributed by atoms with van der Waals surface area (Å²) in [7, 11) is 1.54. The lowest BCUT2D eigenvalue weighted by Crippen LogP contribution is -2.22. The monoisotopic (exact) mass is 318 g/mol. The summed E-state index contributed by atoms with van der Waals surface area (Å²) in [5.41, 5.74) is 0.782. The third-order valence-corrected chi connectivity index (χ3v) is 5.01. The molecule has 6 nitrogen and oxygen atoms in total. The van der Waals surface area contributed by atoms with Crippen LogP contribution in [-0.2, 0) is 19.0 Å². The summed E-state index contributed by atoms with van der Waals surface area (Å²) >= 11 is 0. The number of phenolic OH excluding ortho intramolecular Hbond substituents is 2. The summed E-state index contributed by atoms with van der Waals surface area (Å²) in [6.07, 6.45) is 1.48. The zero-order valence-corrected chi connectivity index (χ0v) is 12.9. The standard InChI is InChI=1S/C17H18O6/c1-8-4-3-7-17-15(23-17)14(22-16(17)20)12-10(19)6-5-9(18)11(12)13(8)21-2/h4-6,13-15,18-19H,3,7H2,1-2H3/b8-4+/t13-,14+,15-,17-/m0/s1. The highest BCUT2D eigenvalue weighted by atomic mass is 16.7. The van der Waals surface area contributed by atoms with E-state index in [4.69, 9.17) is 14.2 Å². The van der Waals surface area contributed by atoms with Gasteiger partial charge in [-0.2, -0.15) is 0 Å². The number of aromatic hydroxyl groups is 2. The predicted octanol–water partition coefficient (Wildman–Crippen LogP) is 2.26. The maximum absolute atomic E-state index is 12.2. The minimum Gasteiger partial charge on any atom is -0.508 e. The van der Waals surface area contributed by atoms with Gasteiger partial charge in [-0.25, -0.2) is 4.79 Å². The molecule has 0 saturated carbocycles. The normalized spacial score (nSPS) is 37.2. The molecule has 6 heteroatoms. The molecule has 2 fully saturated rings. The Morgan fingerprint density at radius 2 is 1.96 bits per heavy atom. The number of epoxide rings is 1. The van der Waals surface area contributed by atoms with Gasteiger partial charge in [0.1, 0.15) is 23.7 Å². The Labute approximate surface area is 133 Å². The van der Waals surface area contributed by atoms with E-state index in [1.165, 1.54) is 12.1 Å². The number of phenols is 2. The molecule has 23 heavy (non-hydrogen) atoms. The molecule has 2 saturated heterocycles. The van der Waals surface area contributed by atoms with Crippen LogP contribution in [0.2, 0.25) is 0 Å². The fourth-order valence-corrected chi connectivity index (χ4v) is 3.79. The van der Waals surface area contributed by atoms with Crippen LogP contribution in [0.25, 0.3) is 0 Å². The maximum atomic E-state index is 12.2. The summed E-state index contributed by atoms with van der Waals surface area (Å²) in [4.78, 5) is 12.2. The third kappa shape index (κ3) is 1.85. The number of carbonyl (C=O) groups is 1. The van der Waals surface area contributed by atoms with Gasteiger partial charge in [0.05, 0.1) is 0 Å². The third-order valence-electron chi connectivity index (χ3n) is 5.01. The highest BCUT2D eigenvalue weighted by molar-refractivity contribution is 5.87. The Morgan fingerprint density at radius 3 is 2.61 bits per heavy atom. The molecule has 2 heterocycles. The van der Waals surface area contributed by atoms with E-state index in [0.717, 1.165) is 5.57 Å². The summed E-state index contributed by atoms with van der Waals surface area (Å²) < 4.78 is 16.7. The van der Waals surface area contributed by atoms with E-state index in [-0.39, 0.29) is 11.5 Å². The van der Waals surface area contributed by atoms with Gasteiger partial charge >= 0.3 is 5.97 Å². The molecule has 0 unspecified atom stereocenters. The van der Waals surface area contributed by atoms with Crippen molar-refractivity contribution in [2.45, 2.75) is 43.7 Å². The molecule has 4 atom stereocenters. The van der Waals surface area contributed by atoms with Gasteiger partial charge in [0.25, 0.3) is 0 Å². The first kappa shape index (κ1) is 14.5. The second-order valence-electron chi connectivity index (χ2n) is 6.29. The highest BCUT2D eigenvalue weighted by Gasteiger charge is 2.73. The van der Waals surface area contributed by atoms with Crippen LogP contribution in [-0.4, -0.2) is 35.0 Å². The van der Waals surface area contributed by atoms with Crippen molar-refractivity contribution in [2.75, 3.05) is 7.11 Å². The van der Waals surface area contributed by atoms with Crippen molar-refractivity contribution in [1.29, 1.82) is 0 Å². The lowest BCUT2D eigenvalue weighted by atomic mass is 9.87. The Balaban J connectivity index is 1.96. The molecule has 2 N–H and O–H groups in total. The quantitative estimate of drug-likeness (QED) is 0.357. The van der Waals surface area contributed by atoms with Crippen molar-refractivity contribution < 1.29 is 29.2 Å². The molecule has 0 radical (unpaired) electrons. The van der Waals surface area contributed by atoms with E-state index in [0.29, 0.717) is 24.0 Å². The molecule has 0 aromatic heterocycles. The number of hydrogen-bond donors (Lipinski definition) is 2. The largest absolute Gasteiger partial charge is 0.508 e. The summed E-state index contributed by atoms with van der Waals surface area (Å²) in [5.74, 6) is -0.451. The fraction of sp³-hybridized carbons (Fsp3) is 0.471. The van der Waals surface area contributed by atoms with Crippen molar-refractivity contribution in [3.63, 3.8) is 0 Å². The predicted molar refractivity (Wildman–Crippen MR) is 78.9 cm³/mol. The summed E-state index contributed by atoms with van der Waals surface area (Å²) in [5, 5.41) is 20.7. The molecule has 2 bridgehead atoms. The van der Waals surface area contributed by atoms with Gasteiger partial charge in [0, 0.05) is 18.2 Å². The Morgan fingerprint density at radius 1 is 1.26 bits per heavy atom.